The number of hydrogen-bond acceptors (Lipinski definition) is 3. The molecule has 0 saturated carbocycles. The van der Waals surface area contributed by atoms with Gasteiger partial charge in [0.1, 0.15) is 5.60 Å². The topological polar surface area (TPSA) is 38.0 Å². The minimum absolute atomic E-state index is 0.588. The Morgan fingerprint density at radius 2 is 2.31 bits per heavy atom. The fourth-order valence-corrected chi connectivity index (χ4v) is 2.64. The van der Waals surface area contributed by atoms with E-state index in [1.807, 2.05) is 49.2 Å². The number of aryl methyl sites for hydroxylation is 2. The molecule has 2 aromatic heterocycles. The van der Waals surface area contributed by atoms with E-state index in [-0.39, 0.29) is 0 Å². The number of hydrogen-bond donors (Lipinski definition) is 1. The standard InChI is InChI=1S/C12H16N2OS/c1-9-7-10(14(3)13-9)8-12(2,15)11-5-4-6-16-11/h4-7,15H,8H2,1-3H3. The Bertz CT molecular complexity index is 471. The minimum Gasteiger partial charge on any atom is -0.384 e. The zero-order valence-corrected chi connectivity index (χ0v) is 10.6. The van der Waals surface area contributed by atoms with Crippen LogP contribution in [0.3, 0.4) is 0 Å². The van der Waals surface area contributed by atoms with Crippen molar-refractivity contribution in [3.05, 3.63) is 39.8 Å². The molecule has 16 heavy (non-hydrogen) atoms. The molecule has 0 fully saturated rings. The first-order valence-corrected chi connectivity index (χ1v) is 6.13. The van der Waals surface area contributed by atoms with E-state index in [4.69, 9.17) is 0 Å². The molecule has 1 unspecified atom stereocenters. The molecule has 0 amide bonds. The van der Waals surface area contributed by atoms with Gasteiger partial charge in [-0.1, -0.05) is 6.07 Å². The van der Waals surface area contributed by atoms with Crippen molar-refractivity contribution in [2.24, 2.45) is 7.05 Å². The van der Waals surface area contributed by atoms with Crippen LogP contribution in [0.4, 0.5) is 0 Å². The molecule has 0 aliphatic heterocycles. The molecule has 0 aliphatic rings. The van der Waals surface area contributed by atoms with Gasteiger partial charge in [0.05, 0.1) is 5.69 Å². The molecule has 0 bridgehead atoms. The number of rotatable bonds is 3. The average molecular weight is 236 g/mol. The number of aromatic nitrogens is 2. The first-order chi connectivity index (χ1) is 7.49. The van der Waals surface area contributed by atoms with Gasteiger partial charge in [0.15, 0.2) is 0 Å². The quantitative estimate of drug-likeness (QED) is 0.887. The van der Waals surface area contributed by atoms with Gasteiger partial charge in [0.25, 0.3) is 0 Å². The zero-order chi connectivity index (χ0) is 11.8. The van der Waals surface area contributed by atoms with Crippen molar-refractivity contribution in [2.75, 3.05) is 0 Å². The van der Waals surface area contributed by atoms with E-state index in [0.29, 0.717) is 6.42 Å². The van der Waals surface area contributed by atoms with Crippen LogP contribution < -0.4 is 0 Å². The summed E-state index contributed by atoms with van der Waals surface area (Å²) in [4.78, 5) is 0.992. The van der Waals surface area contributed by atoms with E-state index in [2.05, 4.69) is 5.10 Å². The molecule has 3 nitrogen and oxygen atoms in total. The Balaban J connectivity index is 2.24. The van der Waals surface area contributed by atoms with Crippen LogP contribution in [0, 0.1) is 6.92 Å². The summed E-state index contributed by atoms with van der Waals surface area (Å²) in [6.45, 7) is 3.81. The normalized spacial score (nSPS) is 15.0. The predicted molar refractivity (Wildman–Crippen MR) is 65.5 cm³/mol. The van der Waals surface area contributed by atoms with Gasteiger partial charge in [-0.15, -0.1) is 11.3 Å². The van der Waals surface area contributed by atoms with Crippen molar-refractivity contribution in [1.29, 1.82) is 0 Å². The van der Waals surface area contributed by atoms with Crippen molar-refractivity contribution >= 4 is 11.3 Å². The van der Waals surface area contributed by atoms with Gasteiger partial charge in [0.2, 0.25) is 0 Å². The number of thiophene rings is 1. The fraction of sp³-hybridized carbons (Fsp3) is 0.417. The molecule has 1 N–H and O–H groups in total. The molecule has 0 spiro atoms. The summed E-state index contributed by atoms with van der Waals surface area (Å²) >= 11 is 1.58. The highest BCUT2D eigenvalue weighted by Crippen LogP contribution is 2.28. The lowest BCUT2D eigenvalue weighted by Crippen LogP contribution is -2.24. The van der Waals surface area contributed by atoms with E-state index in [0.717, 1.165) is 16.3 Å². The monoisotopic (exact) mass is 236 g/mol. The smallest absolute Gasteiger partial charge is 0.101 e. The zero-order valence-electron chi connectivity index (χ0n) is 9.77. The summed E-state index contributed by atoms with van der Waals surface area (Å²) in [5, 5.41) is 16.7. The molecule has 2 aromatic rings. The minimum atomic E-state index is -0.811. The first-order valence-electron chi connectivity index (χ1n) is 5.25. The van der Waals surface area contributed by atoms with E-state index in [1.54, 1.807) is 11.3 Å². The van der Waals surface area contributed by atoms with Crippen molar-refractivity contribution < 1.29 is 5.11 Å². The predicted octanol–water partition coefficient (Wildman–Crippen LogP) is 2.24. The van der Waals surface area contributed by atoms with Gasteiger partial charge in [0, 0.05) is 24.0 Å². The van der Waals surface area contributed by atoms with E-state index >= 15 is 0 Å². The van der Waals surface area contributed by atoms with Crippen LogP contribution in [0.25, 0.3) is 0 Å². The number of nitrogens with zero attached hydrogens (tertiary/aromatic N) is 2. The molecular formula is C12H16N2OS. The Hall–Kier alpha value is -1.13. The third kappa shape index (κ3) is 2.18. The van der Waals surface area contributed by atoms with Gasteiger partial charge in [-0.3, -0.25) is 4.68 Å². The lowest BCUT2D eigenvalue weighted by Gasteiger charge is -2.21. The van der Waals surface area contributed by atoms with Gasteiger partial charge < -0.3 is 5.11 Å². The summed E-state index contributed by atoms with van der Waals surface area (Å²) in [5.74, 6) is 0. The SMILES string of the molecule is Cc1cc(CC(C)(O)c2cccs2)n(C)n1. The molecule has 86 valence electrons. The third-order valence-corrected chi connectivity index (χ3v) is 3.80. The summed E-state index contributed by atoms with van der Waals surface area (Å²) in [7, 11) is 1.91. The summed E-state index contributed by atoms with van der Waals surface area (Å²) < 4.78 is 1.83. The maximum atomic E-state index is 10.4. The Morgan fingerprint density at radius 1 is 1.56 bits per heavy atom. The van der Waals surface area contributed by atoms with Crippen molar-refractivity contribution in [3.8, 4) is 0 Å². The van der Waals surface area contributed by atoms with Crippen LogP contribution in [0.15, 0.2) is 23.6 Å². The second-order valence-corrected chi connectivity index (χ2v) is 5.28. The highest BCUT2D eigenvalue weighted by atomic mass is 32.1. The van der Waals surface area contributed by atoms with E-state index in [9.17, 15) is 5.11 Å². The van der Waals surface area contributed by atoms with Crippen LogP contribution in [0.1, 0.15) is 23.2 Å². The molecule has 0 saturated heterocycles. The van der Waals surface area contributed by atoms with Crippen LogP contribution >= 0.6 is 11.3 Å². The molecule has 4 heteroatoms. The van der Waals surface area contributed by atoms with Crippen molar-refractivity contribution in [2.45, 2.75) is 25.9 Å². The molecule has 0 aliphatic carbocycles. The second-order valence-electron chi connectivity index (χ2n) is 4.33. The Morgan fingerprint density at radius 3 is 2.81 bits per heavy atom. The van der Waals surface area contributed by atoms with Crippen LogP contribution in [-0.2, 0) is 19.1 Å². The molecule has 1 atom stereocenters. The van der Waals surface area contributed by atoms with Crippen molar-refractivity contribution in [1.82, 2.24) is 9.78 Å². The summed E-state index contributed by atoms with van der Waals surface area (Å²) in [6.07, 6.45) is 0.588. The largest absolute Gasteiger partial charge is 0.384 e. The summed E-state index contributed by atoms with van der Waals surface area (Å²) in [5.41, 5.74) is 1.23. The molecule has 0 radical (unpaired) electrons. The number of aliphatic hydroxyl groups is 1. The second kappa shape index (κ2) is 4.03. The molecular weight excluding hydrogens is 220 g/mol. The maximum absolute atomic E-state index is 10.4. The van der Waals surface area contributed by atoms with E-state index in [1.165, 1.54) is 0 Å². The fourth-order valence-electron chi connectivity index (χ4n) is 1.85. The van der Waals surface area contributed by atoms with Crippen molar-refractivity contribution in [3.63, 3.8) is 0 Å². The van der Waals surface area contributed by atoms with Crippen LogP contribution in [0.2, 0.25) is 0 Å². The van der Waals surface area contributed by atoms with Crippen LogP contribution in [-0.4, -0.2) is 14.9 Å². The maximum Gasteiger partial charge on any atom is 0.101 e. The highest BCUT2D eigenvalue weighted by molar-refractivity contribution is 7.10. The lowest BCUT2D eigenvalue weighted by atomic mass is 9.98. The van der Waals surface area contributed by atoms with Gasteiger partial charge in [-0.25, -0.2) is 0 Å². The van der Waals surface area contributed by atoms with E-state index < -0.39 is 5.60 Å². The van der Waals surface area contributed by atoms with Gasteiger partial charge in [-0.2, -0.15) is 5.10 Å². The van der Waals surface area contributed by atoms with Gasteiger partial charge in [-0.05, 0) is 31.4 Å². The van der Waals surface area contributed by atoms with Crippen LogP contribution in [0.5, 0.6) is 0 Å². The first kappa shape index (κ1) is 11.4. The molecule has 2 heterocycles. The molecule has 0 aromatic carbocycles. The average Bonchev–Trinajstić information content (AvgIpc) is 2.76. The lowest BCUT2D eigenvalue weighted by molar-refractivity contribution is 0.0594. The van der Waals surface area contributed by atoms with Gasteiger partial charge >= 0.3 is 0 Å². The molecule has 2 rings (SSSR count). The Labute approximate surface area is 99.4 Å². The highest BCUT2D eigenvalue weighted by Gasteiger charge is 2.26. The summed E-state index contributed by atoms with van der Waals surface area (Å²) in [6, 6.07) is 5.94. The Kier molecular flexibility index (Phi) is 2.86. The third-order valence-electron chi connectivity index (χ3n) is 2.68.